The number of carbonyl (C=O) groups is 2. The molecule has 1 saturated heterocycles. The Hall–Kier alpha value is -1.38. The summed E-state index contributed by atoms with van der Waals surface area (Å²) < 4.78 is 0. The maximum atomic E-state index is 12.4. The lowest BCUT2D eigenvalue weighted by molar-refractivity contribution is -0.119. The zero-order valence-electron chi connectivity index (χ0n) is 11.2. The number of aromatic nitrogens is 1. The number of amides is 2. The number of thiazole rings is 1. The molecule has 110 valence electrons. The molecule has 2 aromatic heterocycles. The lowest BCUT2D eigenvalue weighted by Crippen LogP contribution is -2.44. The molecule has 0 radical (unpaired) electrons. The zero-order chi connectivity index (χ0) is 14.8. The first-order valence-electron chi connectivity index (χ1n) is 6.29. The Kier molecular flexibility index (Phi) is 4.27. The first kappa shape index (κ1) is 14.6. The quantitative estimate of drug-likeness (QED) is 0.934. The minimum absolute atomic E-state index is 0.0864. The van der Waals surface area contributed by atoms with Crippen LogP contribution in [0.2, 0.25) is 0 Å². The highest BCUT2D eigenvalue weighted by molar-refractivity contribution is 7.99. The van der Waals surface area contributed by atoms with Crippen LogP contribution in [-0.4, -0.2) is 39.4 Å². The molecule has 1 atom stereocenters. The normalized spacial score (nSPS) is 18.0. The molecule has 0 bridgehead atoms. The summed E-state index contributed by atoms with van der Waals surface area (Å²) in [5.74, 6) is 0.907. The van der Waals surface area contributed by atoms with E-state index in [1.807, 2.05) is 17.7 Å². The summed E-state index contributed by atoms with van der Waals surface area (Å²) in [6.07, 6.45) is 1.72. The van der Waals surface area contributed by atoms with Gasteiger partial charge in [0.1, 0.15) is 6.04 Å². The topological polar surface area (TPSA) is 62.3 Å². The number of rotatable bonds is 3. The van der Waals surface area contributed by atoms with Gasteiger partial charge in [0.05, 0.1) is 11.4 Å². The van der Waals surface area contributed by atoms with E-state index in [4.69, 9.17) is 0 Å². The van der Waals surface area contributed by atoms with Gasteiger partial charge < -0.3 is 10.2 Å². The second-order valence-electron chi connectivity index (χ2n) is 4.57. The molecule has 2 amide bonds. The lowest BCUT2D eigenvalue weighted by atomic mass is 10.2. The maximum absolute atomic E-state index is 12.4. The Morgan fingerprint density at radius 3 is 3.00 bits per heavy atom. The van der Waals surface area contributed by atoms with Gasteiger partial charge in [-0.25, -0.2) is 4.98 Å². The number of hydrogen-bond donors (Lipinski definition) is 1. The summed E-state index contributed by atoms with van der Waals surface area (Å²) in [6.45, 7) is 1.94. The van der Waals surface area contributed by atoms with E-state index in [0.717, 1.165) is 4.88 Å². The molecule has 5 nitrogen and oxygen atoms in total. The Morgan fingerprint density at radius 1 is 1.48 bits per heavy atom. The first-order chi connectivity index (χ1) is 10.1. The number of thioether (sulfide) groups is 1. The largest absolute Gasteiger partial charge is 0.316 e. The molecule has 1 aliphatic rings. The highest BCUT2D eigenvalue weighted by Crippen LogP contribution is 2.25. The first-order valence-corrected chi connectivity index (χ1v) is 9.21. The molecule has 0 spiro atoms. The van der Waals surface area contributed by atoms with Gasteiger partial charge in [-0.3, -0.25) is 9.59 Å². The van der Waals surface area contributed by atoms with Crippen molar-refractivity contribution < 1.29 is 9.59 Å². The Balaban J connectivity index is 1.71. The van der Waals surface area contributed by atoms with Gasteiger partial charge in [-0.05, 0) is 18.4 Å². The second-order valence-corrected chi connectivity index (χ2v) is 7.58. The van der Waals surface area contributed by atoms with Crippen molar-refractivity contribution in [2.45, 2.75) is 13.0 Å². The van der Waals surface area contributed by atoms with E-state index in [1.54, 1.807) is 28.9 Å². The van der Waals surface area contributed by atoms with Crippen molar-refractivity contribution >= 4 is 51.4 Å². The summed E-state index contributed by atoms with van der Waals surface area (Å²) in [4.78, 5) is 31.6. The highest BCUT2D eigenvalue weighted by Gasteiger charge is 2.35. The molecular weight excluding hydrogens is 326 g/mol. The van der Waals surface area contributed by atoms with Crippen molar-refractivity contribution in [1.82, 2.24) is 9.88 Å². The molecular formula is C13H13N3O2S3. The molecule has 3 rings (SSSR count). The van der Waals surface area contributed by atoms with E-state index in [9.17, 15) is 9.59 Å². The number of hydrogen-bond acceptors (Lipinski definition) is 6. The summed E-state index contributed by atoms with van der Waals surface area (Å²) in [5, 5.41) is 7.05. The number of nitrogens with zero attached hydrogens (tertiary/aromatic N) is 2. The van der Waals surface area contributed by atoms with E-state index in [0.29, 0.717) is 22.3 Å². The molecule has 0 aromatic carbocycles. The summed E-state index contributed by atoms with van der Waals surface area (Å²) in [5.41, 5.74) is 0.644. The van der Waals surface area contributed by atoms with Crippen molar-refractivity contribution in [3.8, 4) is 0 Å². The SMILES string of the molecule is Cc1cnc(NC(=O)[C@H]2CSCN2C(=O)c2ccsc2)s1. The van der Waals surface area contributed by atoms with Crippen LogP contribution in [0.15, 0.2) is 23.0 Å². The van der Waals surface area contributed by atoms with Crippen molar-refractivity contribution in [2.24, 2.45) is 0 Å². The third kappa shape index (κ3) is 3.12. The van der Waals surface area contributed by atoms with Crippen LogP contribution in [0, 0.1) is 6.92 Å². The third-order valence-electron chi connectivity index (χ3n) is 3.07. The Bertz CT molecular complexity index is 653. The van der Waals surface area contributed by atoms with Crippen LogP contribution >= 0.6 is 34.4 Å². The van der Waals surface area contributed by atoms with Gasteiger partial charge in [-0.1, -0.05) is 0 Å². The van der Waals surface area contributed by atoms with E-state index < -0.39 is 6.04 Å². The number of carbonyl (C=O) groups excluding carboxylic acids is 2. The lowest BCUT2D eigenvalue weighted by Gasteiger charge is -2.22. The predicted octanol–water partition coefficient (Wildman–Crippen LogP) is 2.67. The van der Waals surface area contributed by atoms with Crippen LogP contribution in [-0.2, 0) is 4.79 Å². The van der Waals surface area contributed by atoms with Gasteiger partial charge in [-0.15, -0.1) is 23.1 Å². The van der Waals surface area contributed by atoms with E-state index in [1.165, 1.54) is 22.7 Å². The number of thiophene rings is 1. The highest BCUT2D eigenvalue weighted by atomic mass is 32.2. The average Bonchev–Trinajstić information content (AvgIpc) is 3.19. The summed E-state index contributed by atoms with van der Waals surface area (Å²) in [6, 6.07) is 1.35. The third-order valence-corrected chi connectivity index (χ3v) is 5.59. The maximum Gasteiger partial charge on any atom is 0.256 e. The molecule has 21 heavy (non-hydrogen) atoms. The van der Waals surface area contributed by atoms with Crippen LogP contribution < -0.4 is 5.32 Å². The van der Waals surface area contributed by atoms with Crippen LogP contribution in [0.5, 0.6) is 0 Å². The number of anilines is 1. The number of aryl methyl sites for hydroxylation is 1. The molecule has 0 aliphatic carbocycles. The minimum atomic E-state index is -0.438. The van der Waals surface area contributed by atoms with Gasteiger partial charge in [0, 0.05) is 22.2 Å². The Labute approximate surface area is 134 Å². The van der Waals surface area contributed by atoms with Crippen molar-refractivity contribution in [1.29, 1.82) is 0 Å². The Morgan fingerprint density at radius 2 is 2.33 bits per heavy atom. The van der Waals surface area contributed by atoms with Crippen molar-refractivity contribution in [3.63, 3.8) is 0 Å². The number of nitrogens with one attached hydrogen (secondary N) is 1. The fraction of sp³-hybridized carbons (Fsp3) is 0.308. The van der Waals surface area contributed by atoms with Gasteiger partial charge >= 0.3 is 0 Å². The van der Waals surface area contributed by atoms with E-state index in [-0.39, 0.29) is 11.8 Å². The van der Waals surface area contributed by atoms with Gasteiger partial charge in [0.15, 0.2) is 5.13 Å². The fourth-order valence-electron chi connectivity index (χ4n) is 2.01. The standard InChI is InChI=1S/C13H13N3O2S3/c1-8-4-14-13(21-8)15-11(17)10-6-20-7-16(10)12(18)9-2-3-19-5-9/h2-5,10H,6-7H2,1H3,(H,14,15,17)/t10-/m1/s1. The van der Waals surface area contributed by atoms with Gasteiger partial charge in [0.2, 0.25) is 5.91 Å². The second kappa shape index (κ2) is 6.17. The summed E-state index contributed by atoms with van der Waals surface area (Å²) in [7, 11) is 0. The molecule has 1 fully saturated rings. The van der Waals surface area contributed by atoms with Crippen LogP contribution in [0.25, 0.3) is 0 Å². The molecule has 0 unspecified atom stereocenters. The monoisotopic (exact) mass is 339 g/mol. The minimum Gasteiger partial charge on any atom is -0.316 e. The molecule has 2 aromatic rings. The van der Waals surface area contributed by atoms with Gasteiger partial charge in [0.25, 0.3) is 5.91 Å². The smallest absolute Gasteiger partial charge is 0.256 e. The van der Waals surface area contributed by atoms with E-state index in [2.05, 4.69) is 10.3 Å². The molecule has 0 saturated carbocycles. The zero-order valence-corrected chi connectivity index (χ0v) is 13.7. The predicted molar refractivity (Wildman–Crippen MR) is 87.1 cm³/mol. The molecule has 1 N–H and O–H groups in total. The molecule has 1 aliphatic heterocycles. The average molecular weight is 339 g/mol. The molecule has 3 heterocycles. The van der Waals surface area contributed by atoms with Crippen LogP contribution in [0.4, 0.5) is 5.13 Å². The van der Waals surface area contributed by atoms with Crippen LogP contribution in [0.3, 0.4) is 0 Å². The van der Waals surface area contributed by atoms with Gasteiger partial charge in [-0.2, -0.15) is 11.3 Å². The summed E-state index contributed by atoms with van der Waals surface area (Å²) >= 11 is 4.50. The van der Waals surface area contributed by atoms with Crippen molar-refractivity contribution in [2.75, 3.05) is 16.9 Å². The fourth-order valence-corrected chi connectivity index (χ4v) is 4.46. The van der Waals surface area contributed by atoms with Crippen molar-refractivity contribution in [3.05, 3.63) is 33.5 Å². The van der Waals surface area contributed by atoms with E-state index >= 15 is 0 Å². The van der Waals surface area contributed by atoms with Crippen LogP contribution in [0.1, 0.15) is 15.2 Å². The molecule has 8 heteroatoms.